The number of hydrogen-bond acceptors (Lipinski definition) is 6. The van der Waals surface area contributed by atoms with Gasteiger partial charge >= 0.3 is 0 Å². The third-order valence-electron chi connectivity index (χ3n) is 4.39. The van der Waals surface area contributed by atoms with Crippen LogP contribution in [0.15, 0.2) is 76.3 Å². The summed E-state index contributed by atoms with van der Waals surface area (Å²) in [6.45, 7) is -0.0641. The Morgan fingerprint density at radius 2 is 1.81 bits per heavy atom. The first kappa shape index (κ1) is 21.4. The third-order valence-corrected chi connectivity index (χ3v) is 4.92. The van der Waals surface area contributed by atoms with Crippen molar-refractivity contribution < 1.29 is 23.8 Å². The van der Waals surface area contributed by atoms with E-state index in [-0.39, 0.29) is 30.6 Å². The van der Waals surface area contributed by atoms with E-state index in [1.54, 1.807) is 54.6 Å². The highest BCUT2D eigenvalue weighted by Gasteiger charge is 2.14. The van der Waals surface area contributed by atoms with Gasteiger partial charge in [0.25, 0.3) is 11.8 Å². The predicted octanol–water partition coefficient (Wildman–Crippen LogP) is 3.96. The molecule has 9 heteroatoms. The van der Waals surface area contributed by atoms with Gasteiger partial charge in [0.1, 0.15) is 5.75 Å². The van der Waals surface area contributed by atoms with E-state index in [1.165, 1.54) is 6.21 Å². The van der Waals surface area contributed by atoms with Gasteiger partial charge in [-0.25, -0.2) is 5.43 Å². The zero-order chi connectivity index (χ0) is 22.3. The van der Waals surface area contributed by atoms with Crippen molar-refractivity contribution >= 4 is 39.6 Å². The Morgan fingerprint density at radius 3 is 2.66 bits per heavy atom. The van der Waals surface area contributed by atoms with Crippen LogP contribution in [0.25, 0.3) is 0 Å². The Bertz CT molecular complexity index is 1160. The molecular weight excluding hydrogens is 478 g/mol. The van der Waals surface area contributed by atoms with Crippen molar-refractivity contribution in [2.24, 2.45) is 5.10 Å². The maximum atomic E-state index is 12.6. The summed E-state index contributed by atoms with van der Waals surface area (Å²) in [5.41, 5.74) is 4.10. The molecule has 0 bridgehead atoms. The Labute approximate surface area is 192 Å². The van der Waals surface area contributed by atoms with Crippen LogP contribution < -0.4 is 25.0 Å². The summed E-state index contributed by atoms with van der Waals surface area (Å²) in [7, 11) is 0. The maximum absolute atomic E-state index is 12.6. The first-order valence-electron chi connectivity index (χ1n) is 9.59. The van der Waals surface area contributed by atoms with Crippen LogP contribution in [0.5, 0.6) is 17.2 Å². The normalized spacial score (nSPS) is 11.9. The topological polar surface area (TPSA) is 98.3 Å². The van der Waals surface area contributed by atoms with Crippen LogP contribution in [0, 0.1) is 0 Å². The molecule has 3 aromatic carbocycles. The molecule has 32 heavy (non-hydrogen) atoms. The lowest BCUT2D eigenvalue weighted by atomic mass is 10.2. The summed E-state index contributed by atoms with van der Waals surface area (Å²) < 4.78 is 17.1. The SMILES string of the molecule is O=C(COc1ccccc1C(=O)N/N=C\c1ccc2c(c1)OCO2)Nc1ccc(Br)cc1. The highest BCUT2D eigenvalue weighted by atomic mass is 79.9. The lowest BCUT2D eigenvalue weighted by molar-refractivity contribution is -0.118. The number of amides is 2. The number of benzene rings is 3. The van der Waals surface area contributed by atoms with Gasteiger partial charge in [0.2, 0.25) is 6.79 Å². The van der Waals surface area contributed by atoms with Gasteiger partial charge in [-0.2, -0.15) is 5.10 Å². The molecule has 0 aromatic heterocycles. The Hall–Kier alpha value is -3.85. The quantitative estimate of drug-likeness (QED) is 0.381. The number of para-hydroxylation sites is 1. The van der Waals surface area contributed by atoms with Crippen molar-refractivity contribution in [1.29, 1.82) is 0 Å². The van der Waals surface area contributed by atoms with Crippen LogP contribution in [0.1, 0.15) is 15.9 Å². The maximum Gasteiger partial charge on any atom is 0.275 e. The van der Waals surface area contributed by atoms with Gasteiger partial charge < -0.3 is 19.5 Å². The predicted molar refractivity (Wildman–Crippen MR) is 122 cm³/mol. The van der Waals surface area contributed by atoms with E-state index in [0.717, 1.165) is 10.0 Å². The fraction of sp³-hybridized carbons (Fsp3) is 0.0870. The average molecular weight is 496 g/mol. The molecule has 0 fully saturated rings. The highest BCUT2D eigenvalue weighted by Crippen LogP contribution is 2.32. The number of hydrazone groups is 1. The number of halogens is 1. The third kappa shape index (κ3) is 5.44. The molecule has 0 spiro atoms. The molecule has 1 aliphatic rings. The second-order valence-corrected chi connectivity index (χ2v) is 7.57. The zero-order valence-electron chi connectivity index (χ0n) is 16.7. The van der Waals surface area contributed by atoms with Crippen LogP contribution >= 0.6 is 15.9 Å². The van der Waals surface area contributed by atoms with Crippen molar-refractivity contribution in [3.63, 3.8) is 0 Å². The van der Waals surface area contributed by atoms with Gasteiger partial charge in [0.05, 0.1) is 11.8 Å². The molecule has 2 amide bonds. The Morgan fingerprint density at radius 1 is 1.03 bits per heavy atom. The summed E-state index contributed by atoms with van der Waals surface area (Å²) in [6.07, 6.45) is 1.50. The van der Waals surface area contributed by atoms with Crippen molar-refractivity contribution in [2.75, 3.05) is 18.7 Å². The number of fused-ring (bicyclic) bond motifs is 1. The number of hydrogen-bond donors (Lipinski definition) is 2. The molecule has 1 aliphatic heterocycles. The lowest BCUT2D eigenvalue weighted by Crippen LogP contribution is -2.22. The average Bonchev–Trinajstić information content (AvgIpc) is 3.27. The molecule has 0 saturated carbocycles. The number of nitrogens with one attached hydrogen (secondary N) is 2. The molecular formula is C23H18BrN3O5. The summed E-state index contributed by atoms with van der Waals surface area (Å²) in [5, 5.41) is 6.71. The first-order chi connectivity index (χ1) is 15.6. The first-order valence-corrected chi connectivity index (χ1v) is 10.4. The monoisotopic (exact) mass is 495 g/mol. The van der Waals surface area contributed by atoms with E-state index in [9.17, 15) is 9.59 Å². The molecule has 0 unspecified atom stereocenters. The van der Waals surface area contributed by atoms with Crippen LogP contribution in [-0.2, 0) is 4.79 Å². The minimum atomic E-state index is -0.467. The second-order valence-electron chi connectivity index (χ2n) is 6.65. The number of nitrogens with zero attached hydrogens (tertiary/aromatic N) is 1. The molecule has 1 heterocycles. The Balaban J connectivity index is 1.34. The summed E-state index contributed by atoms with van der Waals surface area (Å²) in [4.78, 5) is 24.7. The minimum Gasteiger partial charge on any atom is -0.483 e. The van der Waals surface area contributed by atoms with Gasteiger partial charge in [0.15, 0.2) is 18.1 Å². The van der Waals surface area contributed by atoms with Gasteiger partial charge in [-0.15, -0.1) is 0 Å². The molecule has 0 saturated heterocycles. The van der Waals surface area contributed by atoms with Gasteiger partial charge in [-0.1, -0.05) is 28.1 Å². The smallest absolute Gasteiger partial charge is 0.275 e. The van der Waals surface area contributed by atoms with Crippen molar-refractivity contribution in [1.82, 2.24) is 5.43 Å². The summed E-state index contributed by atoms with van der Waals surface area (Å²) in [5.74, 6) is 0.755. The fourth-order valence-electron chi connectivity index (χ4n) is 2.87. The van der Waals surface area contributed by atoms with E-state index < -0.39 is 5.91 Å². The van der Waals surface area contributed by atoms with E-state index in [4.69, 9.17) is 14.2 Å². The van der Waals surface area contributed by atoms with Gasteiger partial charge in [0, 0.05) is 10.2 Å². The summed E-state index contributed by atoms with van der Waals surface area (Å²) >= 11 is 3.34. The molecule has 2 N–H and O–H groups in total. The fourth-order valence-corrected chi connectivity index (χ4v) is 3.14. The van der Waals surface area contributed by atoms with Crippen molar-refractivity contribution in [2.45, 2.75) is 0 Å². The van der Waals surface area contributed by atoms with Crippen LogP contribution in [0.3, 0.4) is 0 Å². The number of ether oxygens (including phenoxy) is 3. The molecule has 0 aliphatic carbocycles. The molecule has 0 radical (unpaired) electrons. The number of anilines is 1. The van der Waals surface area contributed by atoms with Crippen molar-refractivity contribution in [3.05, 3.63) is 82.3 Å². The van der Waals surface area contributed by atoms with Crippen LogP contribution in [0.4, 0.5) is 5.69 Å². The number of carbonyl (C=O) groups excluding carboxylic acids is 2. The zero-order valence-corrected chi connectivity index (χ0v) is 18.3. The molecule has 162 valence electrons. The van der Waals surface area contributed by atoms with Crippen LogP contribution in [-0.4, -0.2) is 31.4 Å². The van der Waals surface area contributed by atoms with E-state index >= 15 is 0 Å². The van der Waals surface area contributed by atoms with E-state index in [1.807, 2.05) is 12.1 Å². The van der Waals surface area contributed by atoms with Crippen LogP contribution in [0.2, 0.25) is 0 Å². The minimum absolute atomic E-state index is 0.185. The Kier molecular flexibility index (Phi) is 6.66. The van der Waals surface area contributed by atoms with E-state index in [0.29, 0.717) is 17.2 Å². The highest BCUT2D eigenvalue weighted by molar-refractivity contribution is 9.10. The molecule has 4 rings (SSSR count). The summed E-state index contributed by atoms with van der Waals surface area (Å²) in [6, 6.07) is 19.1. The van der Waals surface area contributed by atoms with E-state index in [2.05, 4.69) is 31.8 Å². The molecule has 0 atom stereocenters. The second kappa shape index (κ2) is 9.97. The standard InChI is InChI=1S/C23H18BrN3O5/c24-16-6-8-17(9-7-16)26-22(28)13-30-19-4-2-1-3-18(19)23(29)27-25-12-15-5-10-20-21(11-15)32-14-31-20/h1-12H,13-14H2,(H,26,28)(H,27,29)/b25-12-. The van der Waals surface area contributed by atoms with Crippen molar-refractivity contribution in [3.8, 4) is 17.2 Å². The number of carbonyl (C=O) groups is 2. The largest absolute Gasteiger partial charge is 0.483 e. The van der Waals surface area contributed by atoms with Gasteiger partial charge in [-0.3, -0.25) is 9.59 Å². The molecule has 3 aromatic rings. The molecule has 8 nitrogen and oxygen atoms in total. The number of rotatable bonds is 7. The van der Waals surface area contributed by atoms with Gasteiger partial charge in [-0.05, 0) is 60.2 Å². The lowest BCUT2D eigenvalue weighted by Gasteiger charge is -2.11.